The molecule has 3 atom stereocenters. The van der Waals surface area contributed by atoms with Gasteiger partial charge in [0, 0.05) is 23.1 Å². The Balaban J connectivity index is 2.40. The van der Waals surface area contributed by atoms with Crippen molar-refractivity contribution in [2.45, 2.75) is 57.1 Å². The highest BCUT2D eigenvalue weighted by Gasteiger charge is 2.27. The third-order valence-corrected chi connectivity index (χ3v) is 5.08. The largest absolute Gasteiger partial charge is 0.380 e. The molecular weight excluding hydrogens is 218 g/mol. The Labute approximate surface area is 105 Å². The van der Waals surface area contributed by atoms with E-state index in [1.54, 1.807) is 0 Å². The molecule has 0 aromatic carbocycles. The molecule has 2 nitrogen and oxygen atoms in total. The molecule has 3 heteroatoms. The quantitative estimate of drug-likeness (QED) is 0.777. The van der Waals surface area contributed by atoms with Gasteiger partial charge in [0.25, 0.3) is 0 Å². The van der Waals surface area contributed by atoms with Crippen molar-refractivity contribution in [1.29, 1.82) is 0 Å². The fourth-order valence-electron chi connectivity index (χ4n) is 1.84. The Hall–Kier alpha value is 0.270. The maximum absolute atomic E-state index is 5.61. The SMILES string of the molecule is CCCNC1CCOCC1SC(C)C(C)C. The summed E-state index contributed by atoms with van der Waals surface area (Å²) in [6.07, 6.45) is 2.39. The molecular formula is C13H27NOS. The van der Waals surface area contributed by atoms with Crippen LogP contribution in [0, 0.1) is 5.92 Å². The standard InChI is InChI=1S/C13H27NOS/c1-5-7-14-12-6-8-15-9-13(12)16-11(4)10(2)3/h10-14H,5-9H2,1-4H3. The smallest absolute Gasteiger partial charge is 0.0600 e. The summed E-state index contributed by atoms with van der Waals surface area (Å²) >= 11 is 2.10. The first-order chi connectivity index (χ1) is 7.65. The summed E-state index contributed by atoms with van der Waals surface area (Å²) < 4.78 is 5.61. The van der Waals surface area contributed by atoms with Crippen molar-refractivity contribution in [3.63, 3.8) is 0 Å². The van der Waals surface area contributed by atoms with Gasteiger partial charge in [-0.3, -0.25) is 0 Å². The lowest BCUT2D eigenvalue weighted by molar-refractivity contribution is 0.0831. The van der Waals surface area contributed by atoms with E-state index in [0.717, 1.165) is 30.9 Å². The molecule has 0 amide bonds. The first-order valence-corrected chi connectivity index (χ1v) is 7.56. The highest BCUT2D eigenvalue weighted by Crippen LogP contribution is 2.29. The monoisotopic (exact) mass is 245 g/mol. The van der Waals surface area contributed by atoms with Crippen LogP contribution in [0.1, 0.15) is 40.5 Å². The van der Waals surface area contributed by atoms with E-state index in [1.165, 1.54) is 12.8 Å². The minimum absolute atomic E-state index is 0.637. The maximum Gasteiger partial charge on any atom is 0.0600 e. The average Bonchev–Trinajstić information content (AvgIpc) is 2.27. The molecule has 0 bridgehead atoms. The molecule has 1 heterocycles. The predicted molar refractivity (Wildman–Crippen MR) is 73.2 cm³/mol. The van der Waals surface area contributed by atoms with Gasteiger partial charge >= 0.3 is 0 Å². The molecule has 1 N–H and O–H groups in total. The summed E-state index contributed by atoms with van der Waals surface area (Å²) in [6, 6.07) is 0.653. The van der Waals surface area contributed by atoms with Gasteiger partial charge in [0.05, 0.1) is 6.61 Å². The van der Waals surface area contributed by atoms with E-state index in [1.807, 2.05) is 0 Å². The number of hydrogen-bond acceptors (Lipinski definition) is 3. The molecule has 96 valence electrons. The molecule has 1 fully saturated rings. The van der Waals surface area contributed by atoms with E-state index in [9.17, 15) is 0 Å². The van der Waals surface area contributed by atoms with Gasteiger partial charge in [0.15, 0.2) is 0 Å². The number of nitrogens with one attached hydrogen (secondary N) is 1. The van der Waals surface area contributed by atoms with Crippen molar-refractivity contribution in [2.75, 3.05) is 19.8 Å². The van der Waals surface area contributed by atoms with Crippen LogP contribution in [0.5, 0.6) is 0 Å². The van der Waals surface area contributed by atoms with Gasteiger partial charge < -0.3 is 10.1 Å². The van der Waals surface area contributed by atoms with Crippen LogP contribution < -0.4 is 5.32 Å². The predicted octanol–water partition coefficient (Wildman–Crippen LogP) is 2.92. The minimum Gasteiger partial charge on any atom is -0.380 e. The zero-order valence-electron chi connectivity index (χ0n) is 11.2. The van der Waals surface area contributed by atoms with Crippen LogP contribution in [-0.4, -0.2) is 36.3 Å². The van der Waals surface area contributed by atoms with Gasteiger partial charge in [-0.1, -0.05) is 27.7 Å². The summed E-state index contributed by atoms with van der Waals surface area (Å²) in [4.78, 5) is 0. The molecule has 1 aliphatic heterocycles. The normalized spacial score (nSPS) is 28.3. The van der Waals surface area contributed by atoms with Gasteiger partial charge in [-0.25, -0.2) is 0 Å². The molecule has 3 unspecified atom stereocenters. The summed E-state index contributed by atoms with van der Waals surface area (Å²) in [7, 11) is 0. The Bertz CT molecular complexity index is 187. The number of thioether (sulfide) groups is 1. The second-order valence-electron chi connectivity index (χ2n) is 5.05. The Kier molecular flexibility index (Phi) is 6.78. The van der Waals surface area contributed by atoms with Crippen molar-refractivity contribution in [3.05, 3.63) is 0 Å². The van der Waals surface area contributed by atoms with Gasteiger partial charge in [-0.15, -0.1) is 0 Å². The molecule has 0 radical (unpaired) electrons. The molecule has 0 spiro atoms. The second kappa shape index (κ2) is 7.57. The van der Waals surface area contributed by atoms with Crippen LogP contribution in [0.15, 0.2) is 0 Å². The molecule has 1 rings (SSSR count). The van der Waals surface area contributed by atoms with Crippen LogP contribution >= 0.6 is 11.8 Å². The van der Waals surface area contributed by atoms with E-state index in [4.69, 9.17) is 4.74 Å². The van der Waals surface area contributed by atoms with Crippen molar-refractivity contribution < 1.29 is 4.74 Å². The summed E-state index contributed by atoms with van der Waals surface area (Å²) in [6.45, 7) is 12.1. The lowest BCUT2D eigenvalue weighted by atomic mass is 10.1. The molecule has 0 aliphatic carbocycles. The van der Waals surface area contributed by atoms with Crippen molar-refractivity contribution in [3.8, 4) is 0 Å². The third-order valence-electron chi connectivity index (χ3n) is 3.29. The molecule has 0 saturated carbocycles. The molecule has 0 aromatic rings. The second-order valence-corrected chi connectivity index (χ2v) is 6.67. The molecule has 0 aromatic heterocycles. The highest BCUT2D eigenvalue weighted by atomic mass is 32.2. The average molecular weight is 245 g/mol. The Morgan fingerprint density at radius 3 is 2.75 bits per heavy atom. The van der Waals surface area contributed by atoms with Crippen molar-refractivity contribution >= 4 is 11.8 Å². The van der Waals surface area contributed by atoms with E-state index in [-0.39, 0.29) is 0 Å². The third kappa shape index (κ3) is 4.64. The van der Waals surface area contributed by atoms with Gasteiger partial charge in [-0.2, -0.15) is 11.8 Å². The van der Waals surface area contributed by atoms with Gasteiger partial charge in [-0.05, 0) is 25.3 Å². The topological polar surface area (TPSA) is 21.3 Å². The lowest BCUT2D eigenvalue weighted by Gasteiger charge is -2.34. The summed E-state index contributed by atoms with van der Waals surface area (Å²) in [5.41, 5.74) is 0. The molecule has 16 heavy (non-hydrogen) atoms. The summed E-state index contributed by atoms with van der Waals surface area (Å²) in [5.74, 6) is 0.749. The molecule has 1 saturated heterocycles. The first-order valence-electron chi connectivity index (χ1n) is 6.61. The minimum atomic E-state index is 0.637. The van der Waals surface area contributed by atoms with Crippen molar-refractivity contribution in [1.82, 2.24) is 5.32 Å². The van der Waals surface area contributed by atoms with Crippen LogP contribution in [0.3, 0.4) is 0 Å². The molecule has 1 aliphatic rings. The van der Waals surface area contributed by atoms with Gasteiger partial charge in [0.2, 0.25) is 0 Å². The lowest BCUT2D eigenvalue weighted by Crippen LogP contribution is -2.45. The fourth-order valence-corrected chi connectivity index (χ4v) is 3.30. The van der Waals surface area contributed by atoms with E-state index < -0.39 is 0 Å². The maximum atomic E-state index is 5.61. The first kappa shape index (κ1) is 14.3. The van der Waals surface area contributed by atoms with Gasteiger partial charge in [0.1, 0.15) is 0 Å². The highest BCUT2D eigenvalue weighted by molar-refractivity contribution is 8.00. The number of hydrogen-bond donors (Lipinski definition) is 1. The number of rotatable bonds is 6. The zero-order valence-corrected chi connectivity index (χ0v) is 12.0. The van der Waals surface area contributed by atoms with Crippen LogP contribution in [0.4, 0.5) is 0 Å². The van der Waals surface area contributed by atoms with Crippen LogP contribution in [-0.2, 0) is 4.74 Å². The van der Waals surface area contributed by atoms with E-state index >= 15 is 0 Å². The van der Waals surface area contributed by atoms with Crippen molar-refractivity contribution in [2.24, 2.45) is 5.92 Å². The van der Waals surface area contributed by atoms with Crippen LogP contribution in [0.25, 0.3) is 0 Å². The fraction of sp³-hybridized carbons (Fsp3) is 1.00. The number of ether oxygens (including phenoxy) is 1. The Morgan fingerprint density at radius 2 is 2.12 bits per heavy atom. The zero-order chi connectivity index (χ0) is 12.0. The summed E-state index contributed by atoms with van der Waals surface area (Å²) in [5, 5.41) is 5.02. The Morgan fingerprint density at radius 1 is 1.38 bits per heavy atom. The van der Waals surface area contributed by atoms with E-state index in [2.05, 4.69) is 44.8 Å². The van der Waals surface area contributed by atoms with Crippen LogP contribution in [0.2, 0.25) is 0 Å². The van der Waals surface area contributed by atoms with E-state index in [0.29, 0.717) is 11.3 Å².